The Labute approximate surface area is 110 Å². The van der Waals surface area contributed by atoms with E-state index in [0.29, 0.717) is 29.3 Å². The molecule has 3 nitrogen and oxygen atoms in total. The fourth-order valence-electron chi connectivity index (χ4n) is 3.87. The normalized spacial score (nSPS) is 30.3. The van der Waals surface area contributed by atoms with Crippen LogP contribution in [0.4, 0.5) is 0 Å². The highest BCUT2D eigenvalue weighted by molar-refractivity contribution is 5.83. The zero-order valence-corrected chi connectivity index (χ0v) is 11.7. The maximum Gasteiger partial charge on any atom is 0.226 e. The molecule has 0 aromatic heterocycles. The van der Waals surface area contributed by atoms with Crippen LogP contribution in [0.15, 0.2) is 0 Å². The van der Waals surface area contributed by atoms with E-state index in [1.807, 2.05) is 0 Å². The van der Waals surface area contributed by atoms with Gasteiger partial charge >= 0.3 is 0 Å². The lowest BCUT2D eigenvalue weighted by Crippen LogP contribution is -2.49. The van der Waals surface area contributed by atoms with Gasteiger partial charge < -0.3 is 10.2 Å². The Morgan fingerprint density at radius 2 is 1.94 bits per heavy atom. The molecule has 1 amide bonds. The van der Waals surface area contributed by atoms with Gasteiger partial charge in [-0.05, 0) is 70.9 Å². The second-order valence-electron chi connectivity index (χ2n) is 6.79. The average Bonchev–Trinajstić information content (AvgIpc) is 2.97. The lowest BCUT2D eigenvalue weighted by Gasteiger charge is -2.41. The lowest BCUT2D eigenvalue weighted by molar-refractivity contribution is -0.140. The van der Waals surface area contributed by atoms with Gasteiger partial charge in [-0.1, -0.05) is 0 Å². The molecular weight excluding hydrogens is 224 g/mol. The molecule has 3 rings (SSSR count). The Kier molecular flexibility index (Phi) is 3.13. The smallest absolute Gasteiger partial charge is 0.226 e. The maximum absolute atomic E-state index is 12.8. The Balaban J connectivity index is 1.66. The quantitative estimate of drug-likeness (QED) is 0.832. The topological polar surface area (TPSA) is 32.3 Å². The molecule has 0 aromatic rings. The third-order valence-electron chi connectivity index (χ3n) is 5.37. The minimum atomic E-state index is 0.350. The van der Waals surface area contributed by atoms with Crippen molar-refractivity contribution in [3.8, 4) is 0 Å². The molecule has 2 saturated carbocycles. The molecule has 1 atom stereocenters. The summed E-state index contributed by atoms with van der Waals surface area (Å²) in [6, 6.07) is 0.930. The number of carbonyl (C=O) groups excluding carboxylic acids is 1. The first-order chi connectivity index (χ1) is 8.64. The van der Waals surface area contributed by atoms with E-state index in [1.54, 1.807) is 0 Å². The zero-order valence-electron chi connectivity index (χ0n) is 11.7. The molecule has 3 fully saturated rings. The van der Waals surface area contributed by atoms with Crippen LogP contribution in [0.1, 0.15) is 52.4 Å². The van der Waals surface area contributed by atoms with E-state index >= 15 is 0 Å². The highest BCUT2D eigenvalue weighted by Gasteiger charge is 2.59. The summed E-state index contributed by atoms with van der Waals surface area (Å²) in [6.45, 7) is 6.56. The van der Waals surface area contributed by atoms with Crippen LogP contribution in [0.3, 0.4) is 0 Å². The van der Waals surface area contributed by atoms with Crippen LogP contribution in [-0.2, 0) is 4.79 Å². The monoisotopic (exact) mass is 250 g/mol. The van der Waals surface area contributed by atoms with Gasteiger partial charge in [0.05, 0.1) is 0 Å². The summed E-state index contributed by atoms with van der Waals surface area (Å²) < 4.78 is 0. The molecular formula is C15H26N2O. The van der Waals surface area contributed by atoms with Crippen molar-refractivity contribution in [1.82, 2.24) is 10.2 Å². The summed E-state index contributed by atoms with van der Waals surface area (Å²) >= 11 is 0. The molecule has 0 radical (unpaired) electrons. The zero-order chi connectivity index (χ0) is 12.8. The van der Waals surface area contributed by atoms with Crippen molar-refractivity contribution in [1.29, 1.82) is 0 Å². The standard InChI is InChI=1S/C15H26N2O/c1-11(2)17(12-4-3-5-12)14(18)13-10-15(13)6-8-16-9-7-15/h11-13,16H,3-10H2,1-2H3. The van der Waals surface area contributed by atoms with Gasteiger partial charge in [-0.25, -0.2) is 0 Å². The number of nitrogens with zero attached hydrogens (tertiary/aromatic N) is 1. The van der Waals surface area contributed by atoms with Crippen LogP contribution >= 0.6 is 0 Å². The number of hydrogen-bond acceptors (Lipinski definition) is 2. The molecule has 0 bridgehead atoms. The summed E-state index contributed by atoms with van der Waals surface area (Å²) in [5.41, 5.74) is 0.388. The van der Waals surface area contributed by atoms with E-state index in [1.165, 1.54) is 32.1 Å². The molecule has 102 valence electrons. The van der Waals surface area contributed by atoms with E-state index in [-0.39, 0.29) is 0 Å². The number of amides is 1. The summed E-state index contributed by atoms with van der Waals surface area (Å²) in [4.78, 5) is 15.0. The molecule has 3 heteroatoms. The van der Waals surface area contributed by atoms with Gasteiger partial charge in [-0.3, -0.25) is 4.79 Å². The fourth-order valence-corrected chi connectivity index (χ4v) is 3.87. The highest BCUT2D eigenvalue weighted by atomic mass is 16.2. The average molecular weight is 250 g/mol. The van der Waals surface area contributed by atoms with Gasteiger partial charge in [0, 0.05) is 18.0 Å². The summed E-state index contributed by atoms with van der Waals surface area (Å²) in [5.74, 6) is 0.819. The predicted molar refractivity (Wildman–Crippen MR) is 72.3 cm³/mol. The van der Waals surface area contributed by atoms with Crippen molar-refractivity contribution in [3.63, 3.8) is 0 Å². The van der Waals surface area contributed by atoms with E-state index < -0.39 is 0 Å². The van der Waals surface area contributed by atoms with Gasteiger partial charge in [0.25, 0.3) is 0 Å². The van der Waals surface area contributed by atoms with Crippen LogP contribution in [0.2, 0.25) is 0 Å². The Bertz CT molecular complexity index is 329. The summed E-state index contributed by atoms with van der Waals surface area (Å²) in [7, 11) is 0. The minimum Gasteiger partial charge on any atom is -0.337 e. The molecule has 1 unspecified atom stereocenters. The molecule has 18 heavy (non-hydrogen) atoms. The largest absolute Gasteiger partial charge is 0.337 e. The summed E-state index contributed by atoms with van der Waals surface area (Å²) in [5, 5.41) is 3.41. The van der Waals surface area contributed by atoms with E-state index in [9.17, 15) is 4.79 Å². The van der Waals surface area contributed by atoms with Crippen LogP contribution < -0.4 is 5.32 Å². The molecule has 1 aliphatic heterocycles. The molecule has 1 N–H and O–H groups in total. The minimum absolute atomic E-state index is 0.350. The first kappa shape index (κ1) is 12.5. The van der Waals surface area contributed by atoms with Crippen LogP contribution in [-0.4, -0.2) is 36.0 Å². The van der Waals surface area contributed by atoms with Crippen molar-refractivity contribution in [2.75, 3.05) is 13.1 Å². The van der Waals surface area contributed by atoms with Crippen molar-refractivity contribution >= 4 is 5.91 Å². The van der Waals surface area contributed by atoms with Crippen molar-refractivity contribution in [3.05, 3.63) is 0 Å². The Morgan fingerprint density at radius 1 is 1.28 bits per heavy atom. The molecule has 2 aliphatic carbocycles. The number of hydrogen-bond donors (Lipinski definition) is 1. The Morgan fingerprint density at radius 3 is 2.44 bits per heavy atom. The van der Waals surface area contributed by atoms with Crippen LogP contribution in [0.25, 0.3) is 0 Å². The third kappa shape index (κ3) is 1.97. The van der Waals surface area contributed by atoms with Crippen molar-refractivity contribution < 1.29 is 4.79 Å². The number of nitrogens with one attached hydrogen (secondary N) is 1. The van der Waals surface area contributed by atoms with E-state index in [0.717, 1.165) is 19.5 Å². The van der Waals surface area contributed by atoms with Crippen LogP contribution in [0, 0.1) is 11.3 Å². The second kappa shape index (κ2) is 4.52. The van der Waals surface area contributed by atoms with Gasteiger partial charge in [0.2, 0.25) is 5.91 Å². The van der Waals surface area contributed by atoms with Crippen molar-refractivity contribution in [2.45, 2.75) is 64.5 Å². The Hall–Kier alpha value is -0.570. The fraction of sp³-hybridized carbons (Fsp3) is 0.933. The predicted octanol–water partition coefficient (Wildman–Crippen LogP) is 2.17. The summed E-state index contributed by atoms with van der Waals surface area (Å²) in [6.07, 6.45) is 7.33. The molecule has 1 heterocycles. The van der Waals surface area contributed by atoms with Gasteiger partial charge in [0.1, 0.15) is 0 Å². The highest BCUT2D eigenvalue weighted by Crippen LogP contribution is 2.59. The van der Waals surface area contributed by atoms with Gasteiger partial charge in [-0.2, -0.15) is 0 Å². The first-order valence-electron chi connectivity index (χ1n) is 7.67. The molecule has 0 aromatic carbocycles. The number of carbonyl (C=O) groups is 1. The second-order valence-corrected chi connectivity index (χ2v) is 6.79. The van der Waals surface area contributed by atoms with E-state index in [4.69, 9.17) is 0 Å². The molecule has 1 spiro atoms. The van der Waals surface area contributed by atoms with Crippen molar-refractivity contribution in [2.24, 2.45) is 11.3 Å². The first-order valence-corrected chi connectivity index (χ1v) is 7.67. The number of piperidine rings is 1. The SMILES string of the molecule is CC(C)N(C(=O)C1CC12CCNCC2)C1CCC1. The molecule has 3 aliphatic rings. The maximum atomic E-state index is 12.8. The van der Waals surface area contributed by atoms with Gasteiger partial charge in [0.15, 0.2) is 0 Å². The van der Waals surface area contributed by atoms with E-state index in [2.05, 4.69) is 24.1 Å². The lowest BCUT2D eigenvalue weighted by atomic mass is 9.88. The van der Waals surface area contributed by atoms with Gasteiger partial charge in [-0.15, -0.1) is 0 Å². The third-order valence-corrected chi connectivity index (χ3v) is 5.37. The molecule has 1 saturated heterocycles. The van der Waals surface area contributed by atoms with Crippen LogP contribution in [0.5, 0.6) is 0 Å². The number of rotatable bonds is 3.